The summed E-state index contributed by atoms with van der Waals surface area (Å²) in [6.07, 6.45) is -0.762. The zero-order valence-electron chi connectivity index (χ0n) is 18.3. The number of amides is 1. The Kier molecular flexibility index (Phi) is 8.58. The second-order valence-corrected chi connectivity index (χ2v) is 8.77. The molecule has 0 saturated carbocycles. The van der Waals surface area contributed by atoms with Gasteiger partial charge in [-0.15, -0.1) is 0 Å². The van der Waals surface area contributed by atoms with E-state index in [-0.39, 0.29) is 17.3 Å². The number of hydrogen-bond donors (Lipinski definition) is 2. The first kappa shape index (κ1) is 25.1. The van der Waals surface area contributed by atoms with Gasteiger partial charge in [0.1, 0.15) is 23.3 Å². The maximum Gasteiger partial charge on any atom is 0.305 e. The van der Waals surface area contributed by atoms with Crippen LogP contribution in [-0.4, -0.2) is 64.8 Å². The zero-order valence-corrected chi connectivity index (χ0v) is 19.1. The van der Waals surface area contributed by atoms with Crippen molar-refractivity contribution in [3.63, 3.8) is 0 Å². The van der Waals surface area contributed by atoms with Gasteiger partial charge in [0.05, 0.1) is 13.5 Å². The number of hydroxylamine groups is 2. The van der Waals surface area contributed by atoms with Crippen LogP contribution in [0.4, 0.5) is 5.69 Å². The average molecular weight is 466 g/mol. The van der Waals surface area contributed by atoms with Crippen LogP contribution >= 0.6 is 0 Å². The Labute approximate surface area is 187 Å². The second-order valence-electron chi connectivity index (χ2n) is 7.09. The summed E-state index contributed by atoms with van der Waals surface area (Å²) >= 11 is 0. The summed E-state index contributed by atoms with van der Waals surface area (Å²) in [7, 11) is 1.73. The van der Waals surface area contributed by atoms with Crippen LogP contribution in [0.2, 0.25) is 0 Å². The minimum Gasteiger partial charge on any atom is -0.487 e. The highest BCUT2D eigenvalue weighted by Crippen LogP contribution is 2.30. The molecule has 0 bridgehead atoms. The number of likely N-dealkylation sites (N-methyl/N-ethyl adjacent to an activating group) is 1. The van der Waals surface area contributed by atoms with Crippen molar-refractivity contribution in [2.24, 2.45) is 0 Å². The number of carbonyl (C=O) groups excluding carboxylic acids is 1. The van der Waals surface area contributed by atoms with Crippen LogP contribution in [-0.2, 0) is 31.1 Å². The van der Waals surface area contributed by atoms with Crippen molar-refractivity contribution in [1.29, 1.82) is 0 Å². The molecule has 0 aliphatic rings. The molecule has 32 heavy (non-hydrogen) atoms. The molecular weight excluding hydrogens is 438 g/mol. The van der Waals surface area contributed by atoms with Crippen molar-refractivity contribution in [2.45, 2.75) is 24.0 Å². The van der Waals surface area contributed by atoms with E-state index in [9.17, 15) is 18.0 Å². The second kappa shape index (κ2) is 10.9. The Bertz CT molecular complexity index is 1040. The Morgan fingerprint density at radius 2 is 1.75 bits per heavy atom. The van der Waals surface area contributed by atoms with Gasteiger partial charge in [-0.3, -0.25) is 14.4 Å². The molecule has 0 spiro atoms. The minimum atomic E-state index is -4.33. The van der Waals surface area contributed by atoms with Gasteiger partial charge in [-0.1, -0.05) is 30.3 Å². The Morgan fingerprint density at radius 3 is 2.31 bits per heavy atom. The van der Waals surface area contributed by atoms with Crippen molar-refractivity contribution in [3.8, 4) is 5.75 Å². The molecule has 0 aliphatic heterocycles. The summed E-state index contributed by atoms with van der Waals surface area (Å²) in [5, 5.41) is 9.90. The third-order valence-electron chi connectivity index (χ3n) is 4.53. The third kappa shape index (κ3) is 6.67. The lowest BCUT2D eigenvalue weighted by Crippen LogP contribution is -2.48. The highest BCUT2D eigenvalue weighted by molar-refractivity contribution is 7.89. The summed E-state index contributed by atoms with van der Waals surface area (Å²) < 4.78 is 34.3. The number of hydrogen-bond acceptors (Lipinski definition) is 7. The van der Waals surface area contributed by atoms with Crippen LogP contribution in [0.1, 0.15) is 12.0 Å². The molecule has 2 N–H and O–H groups in total. The van der Waals surface area contributed by atoms with Crippen molar-refractivity contribution in [3.05, 3.63) is 54.1 Å². The van der Waals surface area contributed by atoms with Gasteiger partial charge in [-0.25, -0.2) is 13.5 Å². The van der Waals surface area contributed by atoms with Crippen molar-refractivity contribution in [2.75, 3.05) is 33.2 Å². The quantitative estimate of drug-likeness (QED) is 0.478. The first-order chi connectivity index (χ1) is 15.0. The number of carboxylic acid groups (broad SMARTS) is 1. The van der Waals surface area contributed by atoms with Crippen molar-refractivity contribution < 1.29 is 32.7 Å². The fraction of sp³-hybridized carbons (Fsp3) is 0.333. The van der Waals surface area contributed by atoms with Gasteiger partial charge in [-0.2, -0.15) is 4.72 Å². The van der Waals surface area contributed by atoms with Crippen LogP contribution in [0.5, 0.6) is 5.75 Å². The third-order valence-corrected chi connectivity index (χ3v) is 6.04. The predicted molar refractivity (Wildman–Crippen MR) is 118 cm³/mol. The summed E-state index contributed by atoms with van der Waals surface area (Å²) in [5.41, 5.74) is 1.53. The Hall–Kier alpha value is -3.15. The number of benzene rings is 2. The molecule has 0 aromatic heterocycles. The molecule has 0 heterocycles. The highest BCUT2D eigenvalue weighted by Gasteiger charge is 2.32. The van der Waals surface area contributed by atoms with Gasteiger partial charge >= 0.3 is 5.97 Å². The van der Waals surface area contributed by atoms with Crippen LogP contribution in [0, 0.1) is 0 Å². The fourth-order valence-electron chi connectivity index (χ4n) is 2.76. The van der Waals surface area contributed by atoms with E-state index in [1.54, 1.807) is 31.1 Å². The normalized spacial score (nSPS) is 12.1. The van der Waals surface area contributed by atoms with Crippen LogP contribution < -0.4 is 14.4 Å². The van der Waals surface area contributed by atoms with Crippen LogP contribution in [0.3, 0.4) is 0 Å². The molecule has 2 rings (SSSR count). The summed E-state index contributed by atoms with van der Waals surface area (Å²) in [4.78, 5) is 30.0. The predicted octanol–water partition coefficient (Wildman–Crippen LogP) is 1.47. The van der Waals surface area contributed by atoms with Gasteiger partial charge in [0.2, 0.25) is 10.0 Å². The molecule has 2 aromatic carbocycles. The number of rotatable bonds is 11. The molecule has 0 saturated heterocycles. The van der Waals surface area contributed by atoms with Crippen molar-refractivity contribution >= 4 is 27.6 Å². The van der Waals surface area contributed by atoms with Gasteiger partial charge in [0.15, 0.2) is 0 Å². The maximum absolute atomic E-state index is 13.1. The van der Waals surface area contributed by atoms with Gasteiger partial charge in [-0.05, 0) is 17.7 Å². The first-order valence-corrected chi connectivity index (χ1v) is 11.1. The first-order valence-electron chi connectivity index (χ1n) is 9.59. The molecule has 0 fully saturated rings. The summed E-state index contributed by atoms with van der Waals surface area (Å²) in [6.45, 7) is 0.115. The molecule has 10 nitrogen and oxygen atoms in total. The van der Waals surface area contributed by atoms with E-state index in [0.29, 0.717) is 5.69 Å². The van der Waals surface area contributed by atoms with Gasteiger partial charge < -0.3 is 14.7 Å². The van der Waals surface area contributed by atoms with E-state index in [0.717, 1.165) is 10.6 Å². The van der Waals surface area contributed by atoms with Crippen LogP contribution in [0.15, 0.2) is 53.4 Å². The number of ether oxygens (including phenoxy) is 1. The summed E-state index contributed by atoms with van der Waals surface area (Å²) in [6, 6.07) is 12.1. The van der Waals surface area contributed by atoms with E-state index in [1.807, 2.05) is 30.3 Å². The number of carbonyl (C=O) groups is 2. The number of carboxylic acids is 1. The standard InChI is InChI=1S/C21H27N3O7S/c1-23(2)16-10-11-19(18(12-16)31-14-15-8-6-5-7-9-15)32(28,29)22-17(13-20(25)26)21(27)24(3)30-4/h5-12,17,22H,13-14H2,1-4H3,(H,25,26)/t17-/m0/s1. The Balaban J connectivity index is 2.40. The lowest BCUT2D eigenvalue weighted by Gasteiger charge is -2.22. The average Bonchev–Trinajstić information content (AvgIpc) is 2.76. The van der Waals surface area contributed by atoms with Gasteiger partial charge in [0.25, 0.3) is 5.91 Å². The van der Waals surface area contributed by atoms with E-state index in [1.165, 1.54) is 20.2 Å². The molecule has 1 amide bonds. The zero-order chi connectivity index (χ0) is 23.9. The monoisotopic (exact) mass is 465 g/mol. The largest absolute Gasteiger partial charge is 0.487 e. The van der Waals surface area contributed by atoms with E-state index in [4.69, 9.17) is 14.7 Å². The van der Waals surface area contributed by atoms with E-state index in [2.05, 4.69) is 4.72 Å². The number of nitrogens with zero attached hydrogens (tertiary/aromatic N) is 2. The van der Waals surface area contributed by atoms with Crippen molar-refractivity contribution in [1.82, 2.24) is 9.79 Å². The Morgan fingerprint density at radius 1 is 1.09 bits per heavy atom. The SMILES string of the molecule is CON(C)C(=O)[C@H](CC(=O)O)NS(=O)(=O)c1ccc(N(C)C)cc1OCc1ccccc1. The molecule has 174 valence electrons. The number of aliphatic carboxylic acids is 1. The smallest absolute Gasteiger partial charge is 0.305 e. The number of sulfonamides is 1. The number of anilines is 1. The number of nitrogens with one attached hydrogen (secondary N) is 1. The van der Waals surface area contributed by atoms with Crippen LogP contribution in [0.25, 0.3) is 0 Å². The minimum absolute atomic E-state index is 0.0640. The van der Waals surface area contributed by atoms with Gasteiger partial charge in [0, 0.05) is 32.9 Å². The fourth-order valence-corrected chi connectivity index (χ4v) is 4.07. The lowest BCUT2D eigenvalue weighted by molar-refractivity contribution is -0.171. The topological polar surface area (TPSA) is 125 Å². The maximum atomic E-state index is 13.1. The summed E-state index contributed by atoms with van der Waals surface area (Å²) in [5.74, 6) is -2.14. The van der Waals surface area contributed by atoms with E-state index < -0.39 is 34.4 Å². The molecule has 0 radical (unpaired) electrons. The highest BCUT2D eigenvalue weighted by atomic mass is 32.2. The molecule has 2 aromatic rings. The molecule has 0 aliphatic carbocycles. The lowest BCUT2D eigenvalue weighted by atomic mass is 10.2. The molecular formula is C21H27N3O7S. The van der Waals surface area contributed by atoms with E-state index >= 15 is 0 Å². The molecule has 1 atom stereocenters. The molecule has 11 heteroatoms. The molecule has 0 unspecified atom stereocenters.